The van der Waals surface area contributed by atoms with E-state index in [4.69, 9.17) is 0 Å². The van der Waals surface area contributed by atoms with Gasteiger partial charge < -0.3 is 4.98 Å². The molecule has 2 nitrogen and oxygen atoms in total. The number of aromatic nitrogens is 1. The predicted molar refractivity (Wildman–Crippen MR) is 74.8 cm³/mol. The molecule has 1 fully saturated rings. The van der Waals surface area contributed by atoms with Crippen LogP contribution in [0.2, 0.25) is 0 Å². The molecule has 0 spiro atoms. The van der Waals surface area contributed by atoms with Gasteiger partial charge in [0.15, 0.2) is 0 Å². The van der Waals surface area contributed by atoms with E-state index in [9.17, 15) is 0 Å². The van der Waals surface area contributed by atoms with Gasteiger partial charge in [-0.05, 0) is 37.5 Å². The van der Waals surface area contributed by atoms with E-state index in [1.807, 2.05) is 0 Å². The fourth-order valence-corrected chi connectivity index (χ4v) is 3.41. The van der Waals surface area contributed by atoms with E-state index in [1.54, 1.807) is 5.56 Å². The summed E-state index contributed by atoms with van der Waals surface area (Å²) in [4.78, 5) is 6.31. The van der Waals surface area contributed by atoms with E-state index >= 15 is 0 Å². The van der Waals surface area contributed by atoms with Gasteiger partial charge >= 0.3 is 0 Å². The first-order valence-corrected chi connectivity index (χ1v) is 7.15. The van der Waals surface area contributed by atoms with Gasteiger partial charge in [-0.1, -0.05) is 18.1 Å². The van der Waals surface area contributed by atoms with Crippen molar-refractivity contribution < 1.29 is 0 Å². The minimum Gasteiger partial charge on any atom is -0.358 e. The van der Waals surface area contributed by atoms with Crippen LogP contribution in [0, 0.1) is 6.92 Å². The number of nitrogens with zero attached hydrogens (tertiary/aromatic N) is 1. The van der Waals surface area contributed by atoms with E-state index in [1.165, 1.54) is 54.4 Å². The second kappa shape index (κ2) is 3.86. The number of rotatable bonds is 1. The molecule has 4 rings (SSSR count). The number of fused-ring (bicyclic) bond motifs is 3. The molecule has 1 aromatic heterocycles. The summed E-state index contributed by atoms with van der Waals surface area (Å²) in [5, 5.41) is 1.45. The number of nitrogens with one attached hydrogen (secondary N) is 1. The molecule has 2 heteroatoms. The third kappa shape index (κ3) is 1.52. The lowest BCUT2D eigenvalue weighted by Crippen LogP contribution is -2.42. The van der Waals surface area contributed by atoms with Gasteiger partial charge in [0.25, 0.3) is 0 Å². The van der Waals surface area contributed by atoms with E-state index in [0.29, 0.717) is 0 Å². The maximum Gasteiger partial charge on any atom is 0.0459 e. The molecule has 0 amide bonds. The van der Waals surface area contributed by atoms with Crippen LogP contribution < -0.4 is 0 Å². The van der Waals surface area contributed by atoms with Crippen molar-refractivity contribution in [1.29, 1.82) is 0 Å². The second-order valence-corrected chi connectivity index (χ2v) is 5.94. The summed E-state index contributed by atoms with van der Waals surface area (Å²) < 4.78 is 0. The van der Waals surface area contributed by atoms with Gasteiger partial charge in [0.2, 0.25) is 0 Å². The summed E-state index contributed by atoms with van der Waals surface area (Å²) in [6.45, 7) is 4.58. The lowest BCUT2D eigenvalue weighted by Gasteiger charge is -2.39. The highest BCUT2D eigenvalue weighted by molar-refractivity contribution is 5.85. The van der Waals surface area contributed by atoms with E-state index < -0.39 is 0 Å². The smallest absolute Gasteiger partial charge is 0.0459 e. The summed E-state index contributed by atoms with van der Waals surface area (Å²) in [6, 6.07) is 7.65. The maximum absolute atomic E-state index is 3.61. The van der Waals surface area contributed by atoms with Gasteiger partial charge in [0.05, 0.1) is 0 Å². The van der Waals surface area contributed by atoms with Crippen LogP contribution in [0.25, 0.3) is 10.9 Å². The lowest BCUT2D eigenvalue weighted by molar-refractivity contribution is 0.113. The van der Waals surface area contributed by atoms with Gasteiger partial charge in [-0.2, -0.15) is 0 Å². The molecule has 0 unspecified atom stereocenters. The molecule has 0 bridgehead atoms. The predicted octanol–water partition coefficient (Wildman–Crippen LogP) is 3.39. The highest BCUT2D eigenvalue weighted by Gasteiger charge is 2.29. The number of H-pyrrole nitrogens is 1. The van der Waals surface area contributed by atoms with E-state index in [0.717, 1.165) is 12.6 Å². The number of aromatic amines is 1. The van der Waals surface area contributed by atoms with Crippen LogP contribution in [0.4, 0.5) is 0 Å². The van der Waals surface area contributed by atoms with Crippen molar-refractivity contribution in [3.63, 3.8) is 0 Å². The molecule has 0 radical (unpaired) electrons. The SMILES string of the molecule is Cc1ccc2[nH]c3c(c2c1)CN(C1CCC1)CC3. The number of hydrogen-bond acceptors (Lipinski definition) is 1. The molecule has 1 N–H and O–H groups in total. The standard InChI is InChI=1S/C16H20N2/c1-11-5-6-15-13(9-11)14-10-18(12-3-2-4-12)8-7-16(14)17-15/h5-6,9,12,17H,2-4,7-8,10H2,1H3. The highest BCUT2D eigenvalue weighted by atomic mass is 15.2. The first-order valence-electron chi connectivity index (χ1n) is 7.15. The minimum atomic E-state index is 0.868. The quantitative estimate of drug-likeness (QED) is 0.809. The van der Waals surface area contributed by atoms with Crippen molar-refractivity contribution in [2.45, 2.75) is 45.2 Å². The molecule has 18 heavy (non-hydrogen) atoms. The fraction of sp³-hybridized carbons (Fsp3) is 0.500. The molecule has 2 aliphatic rings. The van der Waals surface area contributed by atoms with Crippen LogP contribution in [0.15, 0.2) is 18.2 Å². The van der Waals surface area contributed by atoms with Crippen molar-refractivity contribution in [2.75, 3.05) is 6.54 Å². The maximum atomic E-state index is 3.61. The summed E-state index contributed by atoms with van der Waals surface area (Å²) in [5.74, 6) is 0. The average molecular weight is 240 g/mol. The Morgan fingerprint density at radius 1 is 1.28 bits per heavy atom. The molecular weight excluding hydrogens is 220 g/mol. The Labute approximate surface area is 108 Å². The molecule has 1 saturated carbocycles. The molecule has 1 aliphatic carbocycles. The topological polar surface area (TPSA) is 19.0 Å². The fourth-order valence-electron chi connectivity index (χ4n) is 3.41. The second-order valence-electron chi connectivity index (χ2n) is 5.94. The molecule has 94 valence electrons. The third-order valence-corrected chi connectivity index (χ3v) is 4.75. The zero-order valence-electron chi connectivity index (χ0n) is 11.0. The molecule has 0 atom stereocenters. The zero-order chi connectivity index (χ0) is 12.1. The van der Waals surface area contributed by atoms with Gasteiger partial charge in [0.1, 0.15) is 0 Å². The Kier molecular flexibility index (Phi) is 2.28. The van der Waals surface area contributed by atoms with Crippen molar-refractivity contribution in [3.05, 3.63) is 35.0 Å². The lowest BCUT2D eigenvalue weighted by atomic mass is 9.89. The van der Waals surface area contributed by atoms with Crippen molar-refractivity contribution >= 4 is 10.9 Å². The minimum absolute atomic E-state index is 0.868. The largest absolute Gasteiger partial charge is 0.358 e. The van der Waals surface area contributed by atoms with Gasteiger partial charge in [-0.15, -0.1) is 0 Å². The first-order chi connectivity index (χ1) is 8.81. The molecule has 2 heterocycles. The summed E-state index contributed by atoms with van der Waals surface area (Å²) in [6.07, 6.45) is 5.45. The first kappa shape index (κ1) is 10.6. The third-order valence-electron chi connectivity index (χ3n) is 4.75. The number of benzene rings is 1. The Hall–Kier alpha value is -1.28. The Morgan fingerprint density at radius 2 is 2.17 bits per heavy atom. The van der Waals surface area contributed by atoms with Crippen LogP contribution in [0.3, 0.4) is 0 Å². The average Bonchev–Trinajstić information content (AvgIpc) is 2.65. The van der Waals surface area contributed by atoms with Gasteiger partial charge in [0, 0.05) is 42.1 Å². The summed E-state index contributed by atoms with van der Waals surface area (Å²) in [5.41, 5.74) is 5.73. The van der Waals surface area contributed by atoms with Gasteiger partial charge in [-0.25, -0.2) is 0 Å². The zero-order valence-corrected chi connectivity index (χ0v) is 11.0. The Morgan fingerprint density at radius 3 is 2.94 bits per heavy atom. The van der Waals surface area contributed by atoms with Crippen LogP contribution in [0.1, 0.15) is 36.1 Å². The van der Waals surface area contributed by atoms with Gasteiger partial charge in [-0.3, -0.25) is 4.90 Å². The molecule has 1 aromatic carbocycles. The number of aryl methyl sites for hydroxylation is 1. The van der Waals surface area contributed by atoms with Crippen LogP contribution >= 0.6 is 0 Å². The monoisotopic (exact) mass is 240 g/mol. The summed E-state index contributed by atoms with van der Waals surface area (Å²) >= 11 is 0. The molecule has 0 saturated heterocycles. The van der Waals surface area contributed by atoms with E-state index in [-0.39, 0.29) is 0 Å². The van der Waals surface area contributed by atoms with Crippen LogP contribution in [-0.4, -0.2) is 22.5 Å². The van der Waals surface area contributed by atoms with Crippen LogP contribution in [-0.2, 0) is 13.0 Å². The molecule has 1 aliphatic heterocycles. The van der Waals surface area contributed by atoms with E-state index in [2.05, 4.69) is 35.0 Å². The number of hydrogen-bond donors (Lipinski definition) is 1. The van der Waals surface area contributed by atoms with Crippen molar-refractivity contribution in [2.24, 2.45) is 0 Å². The van der Waals surface area contributed by atoms with Crippen LogP contribution in [0.5, 0.6) is 0 Å². The summed E-state index contributed by atoms with van der Waals surface area (Å²) in [7, 11) is 0. The van der Waals surface area contributed by atoms with Crippen molar-refractivity contribution in [3.8, 4) is 0 Å². The van der Waals surface area contributed by atoms with Crippen molar-refractivity contribution in [1.82, 2.24) is 9.88 Å². The Balaban J connectivity index is 1.76. The Bertz CT molecular complexity index is 592. The molecular formula is C16H20N2. The highest BCUT2D eigenvalue weighted by Crippen LogP contribution is 2.33. The normalized spacial score (nSPS) is 20.9. The molecule has 2 aromatic rings.